The molecular weight excluding hydrogens is 323 g/mol. The molecule has 19 heavy (non-hydrogen) atoms. The van der Waals surface area contributed by atoms with E-state index in [1.165, 1.54) is 6.07 Å². The van der Waals surface area contributed by atoms with Gasteiger partial charge in [0.1, 0.15) is 5.82 Å². The first-order chi connectivity index (χ1) is 8.88. The Morgan fingerprint density at radius 2 is 2.11 bits per heavy atom. The van der Waals surface area contributed by atoms with Crippen LogP contribution in [0.25, 0.3) is 0 Å². The summed E-state index contributed by atoms with van der Waals surface area (Å²) >= 11 is 2.90. The molecule has 0 spiro atoms. The first-order valence-electron chi connectivity index (χ1n) is 5.45. The van der Waals surface area contributed by atoms with E-state index in [4.69, 9.17) is 0 Å². The third-order valence-electron chi connectivity index (χ3n) is 2.64. The fourth-order valence-electron chi connectivity index (χ4n) is 1.60. The summed E-state index contributed by atoms with van der Waals surface area (Å²) in [5.74, 6) is 0.747. The summed E-state index contributed by atoms with van der Waals surface area (Å²) in [6, 6.07) is 4.04. The van der Waals surface area contributed by atoms with E-state index >= 15 is 0 Å². The third kappa shape index (κ3) is 3.28. The fourth-order valence-corrected chi connectivity index (χ4v) is 2.07. The van der Waals surface area contributed by atoms with Crippen LogP contribution in [0.2, 0.25) is 0 Å². The van der Waals surface area contributed by atoms with Gasteiger partial charge in [0.05, 0.1) is 12.1 Å². The Morgan fingerprint density at radius 3 is 2.68 bits per heavy atom. The summed E-state index contributed by atoms with van der Waals surface area (Å²) in [6.45, 7) is 0.364. The zero-order valence-corrected chi connectivity index (χ0v) is 11.6. The van der Waals surface area contributed by atoms with Gasteiger partial charge < -0.3 is 9.88 Å². The Hall–Kier alpha value is -1.50. The van der Waals surface area contributed by atoms with Crippen molar-refractivity contribution >= 4 is 21.6 Å². The van der Waals surface area contributed by atoms with Gasteiger partial charge in [-0.2, -0.15) is 13.2 Å². The number of benzene rings is 1. The van der Waals surface area contributed by atoms with Crippen molar-refractivity contribution in [2.75, 3.05) is 5.32 Å². The lowest BCUT2D eigenvalue weighted by atomic mass is 10.2. The van der Waals surface area contributed by atoms with Crippen molar-refractivity contribution in [1.82, 2.24) is 9.55 Å². The molecule has 102 valence electrons. The number of nitrogens with zero attached hydrogens (tertiary/aromatic N) is 2. The second-order valence-corrected chi connectivity index (χ2v) is 4.85. The Labute approximate surface area is 116 Å². The highest BCUT2D eigenvalue weighted by molar-refractivity contribution is 9.10. The van der Waals surface area contributed by atoms with Crippen LogP contribution in [0.15, 0.2) is 35.1 Å². The van der Waals surface area contributed by atoms with Gasteiger partial charge >= 0.3 is 6.18 Å². The van der Waals surface area contributed by atoms with Crippen molar-refractivity contribution in [3.63, 3.8) is 0 Å². The Balaban J connectivity index is 2.16. The van der Waals surface area contributed by atoms with Crippen molar-refractivity contribution in [2.45, 2.75) is 12.7 Å². The highest BCUT2D eigenvalue weighted by Gasteiger charge is 2.33. The van der Waals surface area contributed by atoms with E-state index in [2.05, 4.69) is 26.2 Å². The molecule has 0 saturated carbocycles. The number of hydrogen-bond donors (Lipinski definition) is 1. The SMILES string of the molecule is Cn1ccnc1CNc1ccc(Br)c(C(F)(F)F)c1. The number of anilines is 1. The van der Waals surface area contributed by atoms with Crippen LogP contribution in [0.5, 0.6) is 0 Å². The maximum Gasteiger partial charge on any atom is 0.417 e. The molecule has 1 heterocycles. The highest BCUT2D eigenvalue weighted by Crippen LogP contribution is 2.36. The lowest BCUT2D eigenvalue weighted by Crippen LogP contribution is -2.09. The van der Waals surface area contributed by atoms with Crippen molar-refractivity contribution in [1.29, 1.82) is 0 Å². The summed E-state index contributed by atoms with van der Waals surface area (Å²) < 4.78 is 40.0. The molecule has 0 unspecified atom stereocenters. The van der Waals surface area contributed by atoms with Crippen molar-refractivity contribution in [3.05, 3.63) is 46.5 Å². The minimum atomic E-state index is -4.38. The quantitative estimate of drug-likeness (QED) is 0.925. The average molecular weight is 334 g/mol. The molecule has 0 atom stereocenters. The normalized spacial score (nSPS) is 11.6. The van der Waals surface area contributed by atoms with E-state index in [0.29, 0.717) is 12.2 Å². The van der Waals surface area contributed by atoms with Crippen LogP contribution in [-0.4, -0.2) is 9.55 Å². The zero-order chi connectivity index (χ0) is 14.0. The third-order valence-corrected chi connectivity index (χ3v) is 3.33. The standard InChI is InChI=1S/C12H11BrF3N3/c1-19-5-4-17-11(19)7-18-8-2-3-10(13)9(6-8)12(14,15)16/h2-6,18H,7H2,1H3. The summed E-state index contributed by atoms with van der Waals surface area (Å²) in [6.07, 6.45) is -0.959. The fraction of sp³-hybridized carbons (Fsp3) is 0.250. The van der Waals surface area contributed by atoms with Gasteiger partial charge in [0, 0.05) is 29.6 Å². The van der Waals surface area contributed by atoms with Crippen LogP contribution < -0.4 is 5.32 Å². The second-order valence-electron chi connectivity index (χ2n) is 4.00. The summed E-state index contributed by atoms with van der Waals surface area (Å²) in [5, 5.41) is 2.92. The highest BCUT2D eigenvalue weighted by atomic mass is 79.9. The summed E-state index contributed by atoms with van der Waals surface area (Å²) in [7, 11) is 1.83. The molecule has 0 radical (unpaired) electrons. The molecule has 1 aromatic heterocycles. The van der Waals surface area contributed by atoms with E-state index in [0.717, 1.165) is 11.9 Å². The lowest BCUT2D eigenvalue weighted by molar-refractivity contribution is -0.138. The van der Waals surface area contributed by atoms with Gasteiger partial charge in [0.2, 0.25) is 0 Å². The van der Waals surface area contributed by atoms with E-state index in [1.807, 2.05) is 7.05 Å². The monoisotopic (exact) mass is 333 g/mol. The first kappa shape index (κ1) is 13.9. The predicted octanol–water partition coefficient (Wildman–Crippen LogP) is 3.81. The molecule has 0 aliphatic carbocycles. The van der Waals surface area contributed by atoms with Gasteiger partial charge in [0.15, 0.2) is 0 Å². The molecule has 0 saturated heterocycles. The van der Waals surface area contributed by atoms with Gasteiger partial charge in [-0.05, 0) is 18.2 Å². The molecule has 1 N–H and O–H groups in total. The maximum atomic E-state index is 12.7. The molecule has 3 nitrogen and oxygen atoms in total. The van der Waals surface area contributed by atoms with E-state index in [9.17, 15) is 13.2 Å². The molecule has 0 aliphatic rings. The summed E-state index contributed by atoms with van der Waals surface area (Å²) in [4.78, 5) is 4.09. The lowest BCUT2D eigenvalue weighted by Gasteiger charge is -2.12. The van der Waals surface area contributed by atoms with E-state index in [1.54, 1.807) is 23.0 Å². The molecule has 7 heteroatoms. The number of hydrogen-bond acceptors (Lipinski definition) is 2. The van der Waals surface area contributed by atoms with Gasteiger partial charge in [-0.1, -0.05) is 15.9 Å². The molecule has 1 aromatic carbocycles. The Bertz CT molecular complexity index is 578. The number of nitrogens with one attached hydrogen (secondary N) is 1. The van der Waals surface area contributed by atoms with Gasteiger partial charge in [-0.15, -0.1) is 0 Å². The van der Waals surface area contributed by atoms with Crippen LogP contribution in [0.1, 0.15) is 11.4 Å². The first-order valence-corrected chi connectivity index (χ1v) is 6.24. The Morgan fingerprint density at radius 1 is 1.37 bits per heavy atom. The van der Waals surface area contributed by atoms with Crippen LogP contribution in [0.4, 0.5) is 18.9 Å². The Kier molecular flexibility index (Phi) is 3.84. The number of aryl methyl sites for hydroxylation is 1. The molecule has 0 aliphatic heterocycles. The average Bonchev–Trinajstić information content (AvgIpc) is 2.72. The minimum Gasteiger partial charge on any atom is -0.378 e. The predicted molar refractivity (Wildman–Crippen MR) is 69.7 cm³/mol. The molecular formula is C12H11BrF3N3. The zero-order valence-electron chi connectivity index (χ0n) is 10.0. The van der Waals surface area contributed by atoms with Gasteiger partial charge in [0.25, 0.3) is 0 Å². The number of alkyl halides is 3. The van der Waals surface area contributed by atoms with Gasteiger partial charge in [-0.3, -0.25) is 0 Å². The molecule has 2 rings (SSSR count). The van der Waals surface area contributed by atoms with E-state index in [-0.39, 0.29) is 4.47 Å². The van der Waals surface area contributed by atoms with Crippen LogP contribution in [0.3, 0.4) is 0 Å². The van der Waals surface area contributed by atoms with E-state index < -0.39 is 11.7 Å². The van der Waals surface area contributed by atoms with Crippen LogP contribution >= 0.6 is 15.9 Å². The minimum absolute atomic E-state index is 0.0301. The number of aromatic nitrogens is 2. The van der Waals surface area contributed by atoms with Crippen molar-refractivity contribution < 1.29 is 13.2 Å². The molecule has 0 bridgehead atoms. The largest absolute Gasteiger partial charge is 0.417 e. The van der Waals surface area contributed by atoms with Crippen LogP contribution in [-0.2, 0) is 19.8 Å². The molecule has 0 fully saturated rings. The molecule has 0 amide bonds. The number of imidazole rings is 1. The molecule has 2 aromatic rings. The van der Waals surface area contributed by atoms with Crippen molar-refractivity contribution in [2.24, 2.45) is 7.05 Å². The number of rotatable bonds is 3. The second kappa shape index (κ2) is 5.24. The smallest absolute Gasteiger partial charge is 0.378 e. The topological polar surface area (TPSA) is 29.9 Å². The maximum absolute atomic E-state index is 12.7. The van der Waals surface area contributed by atoms with Crippen molar-refractivity contribution in [3.8, 4) is 0 Å². The summed E-state index contributed by atoms with van der Waals surface area (Å²) in [5.41, 5.74) is -0.295. The van der Waals surface area contributed by atoms with Gasteiger partial charge in [-0.25, -0.2) is 4.98 Å². The van der Waals surface area contributed by atoms with Crippen LogP contribution in [0, 0.1) is 0 Å². The number of halogens is 4.